The highest BCUT2D eigenvalue weighted by atomic mass is 15.3. The second kappa shape index (κ2) is 7.76. The number of hydrazine groups is 1. The first-order valence-electron chi connectivity index (χ1n) is 7.86. The maximum atomic E-state index is 5.93. The van der Waals surface area contributed by atoms with Crippen LogP contribution in [0.3, 0.4) is 0 Å². The van der Waals surface area contributed by atoms with Gasteiger partial charge in [-0.2, -0.15) is 5.10 Å². The van der Waals surface area contributed by atoms with Crippen LogP contribution in [0.4, 0.5) is 0 Å². The molecule has 116 valence electrons. The number of rotatable bonds is 9. The molecule has 3 N–H and O–H groups in total. The van der Waals surface area contributed by atoms with Crippen molar-refractivity contribution >= 4 is 0 Å². The minimum Gasteiger partial charge on any atom is -0.296 e. The summed E-state index contributed by atoms with van der Waals surface area (Å²) in [6.45, 7) is 14.0. The molecule has 0 spiro atoms. The lowest BCUT2D eigenvalue weighted by Crippen LogP contribution is -2.57. The van der Waals surface area contributed by atoms with Crippen LogP contribution in [-0.4, -0.2) is 33.3 Å². The van der Waals surface area contributed by atoms with Crippen molar-refractivity contribution in [1.29, 1.82) is 0 Å². The van der Waals surface area contributed by atoms with Crippen LogP contribution < -0.4 is 11.3 Å². The molecule has 1 heterocycles. The van der Waals surface area contributed by atoms with Crippen molar-refractivity contribution in [2.75, 3.05) is 13.1 Å². The summed E-state index contributed by atoms with van der Waals surface area (Å²) < 4.78 is 1.96. The maximum Gasteiger partial charge on any atom is 0.0674 e. The first kappa shape index (κ1) is 17.1. The van der Waals surface area contributed by atoms with Crippen molar-refractivity contribution in [3.63, 3.8) is 0 Å². The minimum absolute atomic E-state index is 0.0276. The summed E-state index contributed by atoms with van der Waals surface area (Å²) in [5.74, 6) is 5.93. The quantitative estimate of drug-likeness (QED) is 0.539. The van der Waals surface area contributed by atoms with Crippen LogP contribution >= 0.6 is 0 Å². The second-order valence-electron chi connectivity index (χ2n) is 5.21. The van der Waals surface area contributed by atoms with Gasteiger partial charge in [0, 0.05) is 23.8 Å². The number of nitrogens with one attached hydrogen (secondary N) is 1. The van der Waals surface area contributed by atoms with E-state index in [2.05, 4.69) is 56.2 Å². The standard InChI is InChI=1S/C15H31N5/c1-6-15(7-2,19(8-3)9-4)14(18-16)13-11-17-20(10-5)12-13/h11-12,14,18H,6-10,16H2,1-5H3. The van der Waals surface area contributed by atoms with Crippen LogP contribution in [0.2, 0.25) is 0 Å². The number of hydrogen-bond acceptors (Lipinski definition) is 4. The van der Waals surface area contributed by atoms with E-state index in [1.807, 2.05) is 10.9 Å². The molecule has 5 heteroatoms. The van der Waals surface area contributed by atoms with Crippen LogP contribution in [0.25, 0.3) is 0 Å². The topological polar surface area (TPSA) is 59.1 Å². The normalized spacial score (nSPS) is 13.9. The number of aryl methyl sites for hydroxylation is 1. The fraction of sp³-hybridized carbons (Fsp3) is 0.800. The van der Waals surface area contributed by atoms with Crippen LogP contribution in [0.5, 0.6) is 0 Å². The highest BCUT2D eigenvalue weighted by Gasteiger charge is 2.40. The van der Waals surface area contributed by atoms with Crippen molar-refractivity contribution in [2.45, 2.75) is 65.6 Å². The van der Waals surface area contributed by atoms with Gasteiger partial charge in [0.05, 0.1) is 12.2 Å². The SMILES string of the molecule is CCN(CC)C(CC)(CC)C(NN)c1cnn(CC)c1. The molecule has 1 rings (SSSR count). The van der Waals surface area contributed by atoms with Crippen molar-refractivity contribution in [3.8, 4) is 0 Å². The number of likely N-dealkylation sites (N-methyl/N-ethyl adjacent to an activating group) is 1. The first-order chi connectivity index (χ1) is 9.63. The van der Waals surface area contributed by atoms with Crippen LogP contribution in [-0.2, 0) is 6.54 Å². The third-order valence-electron chi connectivity index (χ3n) is 4.63. The Morgan fingerprint density at radius 2 is 1.85 bits per heavy atom. The van der Waals surface area contributed by atoms with Gasteiger partial charge in [-0.15, -0.1) is 0 Å². The van der Waals surface area contributed by atoms with Crippen molar-refractivity contribution in [1.82, 2.24) is 20.1 Å². The zero-order chi connectivity index (χ0) is 15.2. The van der Waals surface area contributed by atoms with Crippen molar-refractivity contribution in [2.24, 2.45) is 5.84 Å². The van der Waals surface area contributed by atoms with Gasteiger partial charge in [-0.05, 0) is 32.9 Å². The van der Waals surface area contributed by atoms with Gasteiger partial charge in [0.15, 0.2) is 0 Å². The van der Waals surface area contributed by atoms with E-state index in [1.165, 1.54) is 5.56 Å². The molecule has 20 heavy (non-hydrogen) atoms. The summed E-state index contributed by atoms with van der Waals surface area (Å²) in [4.78, 5) is 2.51. The van der Waals surface area contributed by atoms with Crippen LogP contribution in [0.15, 0.2) is 12.4 Å². The molecule has 0 saturated carbocycles. The predicted octanol–water partition coefficient (Wildman–Crippen LogP) is 2.31. The molecule has 1 unspecified atom stereocenters. The Balaban J connectivity index is 3.20. The lowest BCUT2D eigenvalue weighted by atomic mass is 9.80. The number of nitrogens with two attached hydrogens (primary N) is 1. The Bertz CT molecular complexity index is 379. The summed E-state index contributed by atoms with van der Waals surface area (Å²) in [7, 11) is 0. The van der Waals surface area contributed by atoms with E-state index >= 15 is 0 Å². The van der Waals surface area contributed by atoms with Gasteiger partial charge in [-0.1, -0.05) is 27.7 Å². The Morgan fingerprint density at radius 3 is 2.20 bits per heavy atom. The molecule has 0 aliphatic heterocycles. The van der Waals surface area contributed by atoms with E-state index < -0.39 is 0 Å². The lowest BCUT2D eigenvalue weighted by Gasteiger charge is -2.47. The molecule has 1 atom stereocenters. The van der Waals surface area contributed by atoms with Gasteiger partial charge in [0.1, 0.15) is 0 Å². The predicted molar refractivity (Wildman–Crippen MR) is 84.2 cm³/mol. The summed E-state index contributed by atoms with van der Waals surface area (Å²) in [6, 6.07) is 0.0951. The molecule has 0 aliphatic rings. The van der Waals surface area contributed by atoms with E-state index in [0.29, 0.717) is 0 Å². The van der Waals surface area contributed by atoms with E-state index in [9.17, 15) is 0 Å². The summed E-state index contributed by atoms with van der Waals surface area (Å²) in [5.41, 5.74) is 4.25. The Labute approximate surface area is 123 Å². The largest absolute Gasteiger partial charge is 0.296 e. The molecule has 0 aromatic carbocycles. The van der Waals surface area contributed by atoms with Crippen LogP contribution in [0.1, 0.15) is 59.1 Å². The Morgan fingerprint density at radius 1 is 1.25 bits per heavy atom. The zero-order valence-electron chi connectivity index (χ0n) is 13.7. The molecule has 0 aliphatic carbocycles. The number of nitrogens with zero attached hydrogens (tertiary/aromatic N) is 3. The average Bonchev–Trinajstić information content (AvgIpc) is 2.96. The molecule has 0 saturated heterocycles. The minimum atomic E-state index is 0.0276. The second-order valence-corrected chi connectivity index (χ2v) is 5.21. The summed E-state index contributed by atoms with van der Waals surface area (Å²) >= 11 is 0. The molecule has 0 bridgehead atoms. The highest BCUT2D eigenvalue weighted by molar-refractivity contribution is 5.18. The summed E-state index contributed by atoms with van der Waals surface area (Å²) in [5, 5.41) is 4.40. The molecular formula is C15H31N5. The molecule has 1 aromatic heterocycles. The van der Waals surface area contributed by atoms with Crippen molar-refractivity contribution in [3.05, 3.63) is 18.0 Å². The molecular weight excluding hydrogens is 250 g/mol. The zero-order valence-corrected chi connectivity index (χ0v) is 13.7. The Hall–Kier alpha value is -0.910. The monoisotopic (exact) mass is 281 g/mol. The van der Waals surface area contributed by atoms with E-state index in [4.69, 9.17) is 5.84 Å². The fourth-order valence-corrected chi connectivity index (χ4v) is 3.40. The number of hydrogen-bond donors (Lipinski definition) is 2. The van der Waals surface area contributed by atoms with Crippen LogP contribution in [0, 0.1) is 0 Å². The first-order valence-corrected chi connectivity index (χ1v) is 7.86. The smallest absolute Gasteiger partial charge is 0.0674 e. The van der Waals surface area contributed by atoms with E-state index in [1.54, 1.807) is 0 Å². The lowest BCUT2D eigenvalue weighted by molar-refractivity contribution is 0.0487. The number of aromatic nitrogens is 2. The molecule has 0 amide bonds. The molecule has 0 radical (unpaired) electrons. The van der Waals surface area contributed by atoms with Gasteiger partial charge in [0.25, 0.3) is 0 Å². The van der Waals surface area contributed by atoms with Gasteiger partial charge in [-0.25, -0.2) is 0 Å². The Kier molecular flexibility index (Phi) is 6.65. The highest BCUT2D eigenvalue weighted by Crippen LogP contribution is 2.36. The average molecular weight is 281 g/mol. The molecule has 1 aromatic rings. The molecule has 5 nitrogen and oxygen atoms in total. The van der Waals surface area contributed by atoms with Gasteiger partial charge in [-0.3, -0.25) is 20.9 Å². The third kappa shape index (κ3) is 3.05. The summed E-state index contributed by atoms with van der Waals surface area (Å²) in [6.07, 6.45) is 6.15. The van der Waals surface area contributed by atoms with E-state index in [0.717, 1.165) is 32.5 Å². The maximum absolute atomic E-state index is 5.93. The van der Waals surface area contributed by atoms with Gasteiger partial charge in [0.2, 0.25) is 0 Å². The van der Waals surface area contributed by atoms with Gasteiger partial charge < -0.3 is 0 Å². The van der Waals surface area contributed by atoms with E-state index in [-0.39, 0.29) is 11.6 Å². The molecule has 0 fully saturated rings. The van der Waals surface area contributed by atoms with Crippen molar-refractivity contribution < 1.29 is 0 Å². The third-order valence-corrected chi connectivity index (χ3v) is 4.63. The fourth-order valence-electron chi connectivity index (χ4n) is 3.40. The van der Waals surface area contributed by atoms with Gasteiger partial charge >= 0.3 is 0 Å².